The van der Waals surface area contributed by atoms with E-state index in [9.17, 15) is 9.59 Å². The van der Waals surface area contributed by atoms with Crippen LogP contribution < -0.4 is 15.0 Å². The zero-order valence-corrected chi connectivity index (χ0v) is 19.0. The van der Waals surface area contributed by atoms with Crippen LogP contribution in [0.5, 0.6) is 11.5 Å². The summed E-state index contributed by atoms with van der Waals surface area (Å²) in [5.41, 5.74) is 2.89. The summed E-state index contributed by atoms with van der Waals surface area (Å²) in [5, 5.41) is 0. The zero-order chi connectivity index (χ0) is 23.2. The highest BCUT2D eigenvalue weighted by Crippen LogP contribution is 2.25. The van der Waals surface area contributed by atoms with E-state index >= 15 is 0 Å². The lowest BCUT2D eigenvalue weighted by molar-refractivity contribution is 0.0592. The average molecular weight is 449 g/mol. The molecule has 2 aromatic carbocycles. The molecule has 1 aliphatic rings. The van der Waals surface area contributed by atoms with Crippen molar-refractivity contribution in [3.63, 3.8) is 0 Å². The van der Waals surface area contributed by atoms with Crippen molar-refractivity contribution in [2.45, 2.75) is 26.1 Å². The molecule has 3 aromatic rings. The molecule has 0 N–H and O–H groups in total. The predicted octanol–water partition coefficient (Wildman–Crippen LogP) is 3.28. The first-order valence-corrected chi connectivity index (χ1v) is 11.0. The van der Waals surface area contributed by atoms with Crippen LogP contribution in [0.2, 0.25) is 0 Å². The lowest BCUT2D eigenvalue weighted by atomic mass is 10.1. The molecule has 0 atom stereocenters. The molecule has 4 rings (SSSR count). The van der Waals surface area contributed by atoms with Crippen LogP contribution in [0.3, 0.4) is 0 Å². The highest BCUT2D eigenvalue weighted by molar-refractivity contribution is 5.93. The standard InChI is InChI=1S/C26H28N2O5/c1-31-21-10-6-9-20(15-21)17-27-12-11-22-25(26(30)32-2)23(16-24(29)28(22)14-13-27)33-18-19-7-4-3-5-8-19/h3-10,15-16H,11-14,17-18H2,1-2H3. The molecule has 33 heavy (non-hydrogen) atoms. The second-order valence-electron chi connectivity index (χ2n) is 7.96. The van der Waals surface area contributed by atoms with E-state index in [0.717, 1.165) is 23.4 Å². The van der Waals surface area contributed by atoms with Gasteiger partial charge in [0, 0.05) is 44.4 Å². The molecule has 7 nitrogen and oxygen atoms in total. The van der Waals surface area contributed by atoms with E-state index < -0.39 is 5.97 Å². The topological polar surface area (TPSA) is 70.0 Å². The van der Waals surface area contributed by atoms with Crippen LogP contribution in [0.1, 0.15) is 27.2 Å². The molecule has 0 radical (unpaired) electrons. The minimum Gasteiger partial charge on any atom is -0.497 e. The normalized spacial score (nSPS) is 13.6. The lowest BCUT2D eigenvalue weighted by Crippen LogP contribution is -2.29. The van der Waals surface area contributed by atoms with Gasteiger partial charge in [0.25, 0.3) is 5.56 Å². The number of methoxy groups -OCH3 is 2. The maximum Gasteiger partial charge on any atom is 0.343 e. The van der Waals surface area contributed by atoms with Crippen molar-refractivity contribution >= 4 is 5.97 Å². The SMILES string of the molecule is COC(=O)c1c(OCc2ccccc2)cc(=O)n2c1CCN(Cc1cccc(OC)c1)CC2. The molecular formula is C26H28N2O5. The van der Waals surface area contributed by atoms with Crippen LogP contribution in [-0.4, -0.2) is 42.7 Å². The first kappa shape index (κ1) is 22.6. The summed E-state index contributed by atoms with van der Waals surface area (Å²) in [6.45, 7) is 2.86. The molecule has 1 aliphatic heterocycles. The van der Waals surface area contributed by atoms with Crippen molar-refractivity contribution in [3.8, 4) is 11.5 Å². The van der Waals surface area contributed by atoms with E-state index in [1.165, 1.54) is 13.2 Å². The van der Waals surface area contributed by atoms with E-state index in [4.69, 9.17) is 14.2 Å². The van der Waals surface area contributed by atoms with Crippen LogP contribution in [-0.2, 0) is 30.9 Å². The molecule has 0 unspecified atom stereocenters. The Hall–Kier alpha value is -3.58. The molecular weight excluding hydrogens is 420 g/mol. The van der Waals surface area contributed by atoms with Crippen molar-refractivity contribution in [1.29, 1.82) is 0 Å². The Labute approximate surface area is 193 Å². The Morgan fingerprint density at radius 2 is 1.73 bits per heavy atom. The number of carbonyl (C=O) groups excluding carboxylic acids is 1. The monoisotopic (exact) mass is 448 g/mol. The van der Waals surface area contributed by atoms with Crippen molar-refractivity contribution in [2.24, 2.45) is 0 Å². The van der Waals surface area contributed by atoms with Gasteiger partial charge < -0.3 is 18.8 Å². The number of hydrogen-bond donors (Lipinski definition) is 0. The fourth-order valence-electron chi connectivity index (χ4n) is 4.15. The summed E-state index contributed by atoms with van der Waals surface area (Å²) < 4.78 is 18.0. The number of ether oxygens (including phenoxy) is 3. The molecule has 0 aliphatic carbocycles. The largest absolute Gasteiger partial charge is 0.497 e. The highest BCUT2D eigenvalue weighted by atomic mass is 16.5. The molecule has 1 aromatic heterocycles. The van der Waals surface area contributed by atoms with Gasteiger partial charge in [-0.1, -0.05) is 42.5 Å². The molecule has 7 heteroatoms. The summed E-state index contributed by atoms with van der Waals surface area (Å²) in [5.74, 6) is 0.585. The third kappa shape index (κ3) is 5.26. The number of fused-ring (bicyclic) bond motifs is 1. The third-order valence-electron chi connectivity index (χ3n) is 5.85. The number of pyridine rings is 1. The van der Waals surface area contributed by atoms with Crippen LogP contribution in [0, 0.1) is 0 Å². The van der Waals surface area contributed by atoms with Gasteiger partial charge in [-0.3, -0.25) is 9.69 Å². The number of nitrogens with zero attached hydrogens (tertiary/aromatic N) is 2. The van der Waals surface area contributed by atoms with E-state index in [1.807, 2.05) is 48.5 Å². The maximum absolute atomic E-state index is 13.0. The molecule has 0 amide bonds. The fraction of sp³-hybridized carbons (Fsp3) is 0.308. The van der Waals surface area contributed by atoms with Gasteiger partial charge >= 0.3 is 5.97 Å². The minimum atomic E-state index is -0.497. The van der Waals surface area contributed by atoms with Crippen molar-refractivity contribution < 1.29 is 19.0 Å². The number of rotatable bonds is 7. The van der Waals surface area contributed by atoms with Crippen LogP contribution in [0.25, 0.3) is 0 Å². The lowest BCUT2D eigenvalue weighted by Gasteiger charge is -2.19. The van der Waals surface area contributed by atoms with Gasteiger partial charge in [-0.2, -0.15) is 0 Å². The van der Waals surface area contributed by atoms with Crippen LogP contribution in [0.15, 0.2) is 65.5 Å². The summed E-state index contributed by atoms with van der Waals surface area (Å²) >= 11 is 0. The Bertz CT molecular complexity index is 1170. The zero-order valence-electron chi connectivity index (χ0n) is 19.0. The third-order valence-corrected chi connectivity index (χ3v) is 5.85. The van der Waals surface area contributed by atoms with Gasteiger partial charge in [-0.05, 0) is 23.3 Å². The molecule has 0 saturated carbocycles. The summed E-state index contributed by atoms with van der Waals surface area (Å²) in [7, 11) is 3.00. The van der Waals surface area contributed by atoms with Crippen molar-refractivity contribution in [3.05, 3.63) is 93.4 Å². The number of aromatic nitrogens is 1. The maximum atomic E-state index is 13.0. The van der Waals surface area contributed by atoms with Crippen molar-refractivity contribution in [2.75, 3.05) is 27.3 Å². The molecule has 0 saturated heterocycles. The van der Waals surface area contributed by atoms with Gasteiger partial charge in [-0.15, -0.1) is 0 Å². The van der Waals surface area contributed by atoms with Gasteiger partial charge in [0.2, 0.25) is 0 Å². The predicted molar refractivity (Wildman–Crippen MR) is 125 cm³/mol. The fourth-order valence-corrected chi connectivity index (χ4v) is 4.15. The number of carbonyl (C=O) groups is 1. The molecule has 2 heterocycles. The van der Waals surface area contributed by atoms with Gasteiger partial charge in [0.05, 0.1) is 14.2 Å². The van der Waals surface area contributed by atoms with E-state index in [0.29, 0.717) is 37.3 Å². The second kappa shape index (κ2) is 10.4. The first-order chi connectivity index (χ1) is 16.1. The number of benzene rings is 2. The molecule has 0 fully saturated rings. The summed E-state index contributed by atoms with van der Waals surface area (Å²) in [6, 6.07) is 19.0. The molecule has 0 spiro atoms. The second-order valence-corrected chi connectivity index (χ2v) is 7.96. The summed E-state index contributed by atoms with van der Waals surface area (Å²) in [6.07, 6.45) is 0.534. The molecule has 172 valence electrons. The Balaban J connectivity index is 1.59. The smallest absolute Gasteiger partial charge is 0.343 e. The Morgan fingerprint density at radius 3 is 2.48 bits per heavy atom. The van der Waals surface area contributed by atoms with E-state index in [2.05, 4.69) is 11.0 Å². The highest BCUT2D eigenvalue weighted by Gasteiger charge is 2.26. The van der Waals surface area contributed by atoms with Crippen LogP contribution >= 0.6 is 0 Å². The van der Waals surface area contributed by atoms with Gasteiger partial charge in [-0.25, -0.2) is 4.79 Å². The Morgan fingerprint density at radius 1 is 0.939 bits per heavy atom. The van der Waals surface area contributed by atoms with Gasteiger partial charge in [0.1, 0.15) is 23.7 Å². The summed E-state index contributed by atoms with van der Waals surface area (Å²) in [4.78, 5) is 28.0. The quantitative estimate of drug-likeness (QED) is 0.517. The Kier molecular flexibility index (Phi) is 7.10. The minimum absolute atomic E-state index is 0.177. The van der Waals surface area contributed by atoms with E-state index in [-0.39, 0.29) is 17.9 Å². The van der Waals surface area contributed by atoms with Gasteiger partial charge in [0.15, 0.2) is 0 Å². The average Bonchev–Trinajstić information content (AvgIpc) is 3.06. The van der Waals surface area contributed by atoms with Crippen molar-refractivity contribution in [1.82, 2.24) is 9.47 Å². The van der Waals surface area contributed by atoms with Crippen LogP contribution in [0.4, 0.5) is 0 Å². The number of hydrogen-bond acceptors (Lipinski definition) is 6. The van der Waals surface area contributed by atoms with E-state index in [1.54, 1.807) is 11.7 Å². The number of esters is 1. The molecule has 0 bridgehead atoms. The first-order valence-electron chi connectivity index (χ1n) is 11.0.